The maximum absolute atomic E-state index is 10.8. The van der Waals surface area contributed by atoms with Crippen LogP contribution in [0.25, 0.3) is 10.1 Å². The van der Waals surface area contributed by atoms with Crippen molar-refractivity contribution in [1.82, 2.24) is 0 Å². The molecule has 0 aliphatic carbocycles. The van der Waals surface area contributed by atoms with Gasteiger partial charge in [0.25, 0.3) is 0 Å². The van der Waals surface area contributed by atoms with Crippen LogP contribution in [-0.2, 0) is 11.2 Å². The molecule has 0 spiro atoms. The zero-order valence-corrected chi connectivity index (χ0v) is 9.93. The number of carbonyl (C=O) groups is 1. The van der Waals surface area contributed by atoms with Gasteiger partial charge in [0.2, 0.25) is 0 Å². The summed E-state index contributed by atoms with van der Waals surface area (Å²) in [5.74, 6) is -0.0393. The number of benzene rings is 1. The molecule has 4 heteroatoms. The van der Waals surface area contributed by atoms with Gasteiger partial charge < -0.3 is 9.84 Å². The highest BCUT2D eigenvalue weighted by Gasteiger charge is 2.12. The normalized spacial score (nSPS) is 10.6. The lowest BCUT2D eigenvalue weighted by Gasteiger charge is -2.01. The van der Waals surface area contributed by atoms with E-state index in [-0.39, 0.29) is 6.42 Å². The summed E-state index contributed by atoms with van der Waals surface area (Å²) in [5, 5.41) is 9.86. The van der Waals surface area contributed by atoms with Gasteiger partial charge in [-0.15, -0.1) is 11.3 Å². The summed E-state index contributed by atoms with van der Waals surface area (Å²) in [6.07, 6.45) is 0.0685. The predicted octanol–water partition coefficient (Wildman–Crippen LogP) is 2.85. The fourth-order valence-corrected chi connectivity index (χ4v) is 2.81. The summed E-state index contributed by atoms with van der Waals surface area (Å²) in [5.41, 5.74) is 0.895. The van der Waals surface area contributed by atoms with Gasteiger partial charge in [-0.05, 0) is 30.7 Å². The number of rotatable bonds is 3. The predicted molar refractivity (Wildman–Crippen MR) is 64.5 cm³/mol. The van der Waals surface area contributed by atoms with E-state index in [1.165, 1.54) is 0 Å². The number of aryl methyl sites for hydroxylation is 1. The van der Waals surface area contributed by atoms with E-state index in [1.54, 1.807) is 18.4 Å². The lowest BCUT2D eigenvalue weighted by atomic mass is 10.1. The van der Waals surface area contributed by atoms with Crippen LogP contribution < -0.4 is 4.74 Å². The van der Waals surface area contributed by atoms with Gasteiger partial charge >= 0.3 is 5.97 Å². The van der Waals surface area contributed by atoms with Crippen molar-refractivity contribution in [1.29, 1.82) is 0 Å². The summed E-state index contributed by atoms with van der Waals surface area (Å²) < 4.78 is 6.25. The molecule has 0 aliphatic rings. The van der Waals surface area contributed by atoms with Gasteiger partial charge in [0.05, 0.1) is 13.5 Å². The van der Waals surface area contributed by atoms with Crippen LogP contribution in [0.2, 0.25) is 0 Å². The molecule has 1 aromatic heterocycles. The van der Waals surface area contributed by atoms with Crippen molar-refractivity contribution in [2.45, 2.75) is 13.3 Å². The summed E-state index contributed by atoms with van der Waals surface area (Å²) in [4.78, 5) is 11.9. The Morgan fingerprint density at radius 1 is 1.50 bits per heavy atom. The van der Waals surface area contributed by atoms with E-state index in [1.807, 2.05) is 25.1 Å². The smallest absolute Gasteiger partial charge is 0.307 e. The first kappa shape index (κ1) is 11.0. The number of aliphatic carboxylic acids is 1. The summed E-state index contributed by atoms with van der Waals surface area (Å²) in [6.45, 7) is 1.95. The van der Waals surface area contributed by atoms with E-state index in [0.29, 0.717) is 0 Å². The van der Waals surface area contributed by atoms with Gasteiger partial charge in [-0.2, -0.15) is 0 Å². The van der Waals surface area contributed by atoms with Gasteiger partial charge in [-0.25, -0.2) is 0 Å². The fraction of sp³-hybridized carbons (Fsp3) is 0.250. The average Bonchev–Trinajstić information content (AvgIpc) is 2.54. The zero-order valence-electron chi connectivity index (χ0n) is 9.11. The lowest BCUT2D eigenvalue weighted by Crippen LogP contribution is -2.00. The Bertz CT molecular complexity index is 542. The number of hydrogen-bond donors (Lipinski definition) is 1. The highest BCUT2D eigenvalue weighted by Crippen LogP contribution is 2.33. The minimum Gasteiger partial charge on any atom is -0.497 e. The third kappa shape index (κ3) is 1.88. The molecule has 0 unspecified atom stereocenters. The Balaban J connectivity index is 2.61. The van der Waals surface area contributed by atoms with Crippen molar-refractivity contribution in [3.05, 3.63) is 28.6 Å². The standard InChI is InChI=1S/C12H12O3S/c1-7-9(6-12(13)14)10-5-8(15-2)3-4-11(10)16-7/h3-5H,6H2,1-2H3,(H,13,14). The number of thiophene rings is 1. The molecule has 2 rings (SSSR count). The molecule has 0 saturated heterocycles. The van der Waals surface area contributed by atoms with Crippen molar-refractivity contribution < 1.29 is 14.6 Å². The number of fused-ring (bicyclic) bond motifs is 1. The first-order valence-electron chi connectivity index (χ1n) is 4.89. The molecule has 84 valence electrons. The Kier molecular flexibility index (Phi) is 2.83. The van der Waals surface area contributed by atoms with Crippen molar-refractivity contribution >= 4 is 27.4 Å². The van der Waals surface area contributed by atoms with Crippen molar-refractivity contribution in [2.24, 2.45) is 0 Å². The van der Waals surface area contributed by atoms with E-state index < -0.39 is 5.97 Å². The quantitative estimate of drug-likeness (QED) is 0.891. The third-order valence-corrected chi connectivity index (χ3v) is 3.66. The molecular weight excluding hydrogens is 224 g/mol. The van der Waals surface area contributed by atoms with Crippen LogP contribution in [0.4, 0.5) is 0 Å². The van der Waals surface area contributed by atoms with Crippen LogP contribution >= 0.6 is 11.3 Å². The molecule has 1 heterocycles. The maximum atomic E-state index is 10.8. The molecule has 16 heavy (non-hydrogen) atoms. The Morgan fingerprint density at radius 2 is 2.25 bits per heavy atom. The highest BCUT2D eigenvalue weighted by molar-refractivity contribution is 7.19. The first-order valence-corrected chi connectivity index (χ1v) is 5.71. The number of ether oxygens (including phenoxy) is 1. The monoisotopic (exact) mass is 236 g/mol. The topological polar surface area (TPSA) is 46.5 Å². The number of hydrogen-bond acceptors (Lipinski definition) is 3. The minimum atomic E-state index is -0.800. The second-order valence-corrected chi connectivity index (χ2v) is 4.83. The number of carboxylic acid groups (broad SMARTS) is 1. The van der Waals surface area contributed by atoms with E-state index in [2.05, 4.69) is 0 Å². The van der Waals surface area contributed by atoms with Crippen LogP contribution in [0.3, 0.4) is 0 Å². The molecule has 1 aromatic carbocycles. The molecule has 2 aromatic rings. The van der Waals surface area contributed by atoms with Crippen molar-refractivity contribution in [2.75, 3.05) is 7.11 Å². The summed E-state index contributed by atoms with van der Waals surface area (Å²) in [7, 11) is 1.61. The molecule has 3 nitrogen and oxygen atoms in total. The summed E-state index contributed by atoms with van der Waals surface area (Å²) >= 11 is 1.62. The lowest BCUT2D eigenvalue weighted by molar-refractivity contribution is -0.136. The SMILES string of the molecule is COc1ccc2sc(C)c(CC(=O)O)c2c1. The van der Waals surface area contributed by atoms with Gasteiger partial charge in [0, 0.05) is 15.0 Å². The van der Waals surface area contributed by atoms with E-state index in [9.17, 15) is 4.79 Å². The number of methoxy groups -OCH3 is 1. The summed E-state index contributed by atoms with van der Waals surface area (Å²) in [6, 6.07) is 5.76. The number of carboxylic acids is 1. The second-order valence-electron chi connectivity index (χ2n) is 3.57. The van der Waals surface area contributed by atoms with E-state index in [4.69, 9.17) is 9.84 Å². The molecule has 0 amide bonds. The second kappa shape index (κ2) is 4.14. The van der Waals surface area contributed by atoms with Gasteiger partial charge in [-0.3, -0.25) is 4.79 Å². The minimum absolute atomic E-state index is 0.0685. The van der Waals surface area contributed by atoms with E-state index >= 15 is 0 Å². The fourth-order valence-electron chi connectivity index (χ4n) is 1.75. The van der Waals surface area contributed by atoms with Crippen LogP contribution in [0, 0.1) is 6.92 Å². The van der Waals surface area contributed by atoms with E-state index in [0.717, 1.165) is 26.3 Å². The molecule has 0 radical (unpaired) electrons. The third-order valence-electron chi connectivity index (χ3n) is 2.53. The van der Waals surface area contributed by atoms with Crippen molar-refractivity contribution in [3.8, 4) is 5.75 Å². The molecule has 0 saturated carbocycles. The molecule has 0 aliphatic heterocycles. The van der Waals surface area contributed by atoms with Gasteiger partial charge in [-0.1, -0.05) is 0 Å². The average molecular weight is 236 g/mol. The molecular formula is C12H12O3S. The van der Waals surface area contributed by atoms with Crippen molar-refractivity contribution in [3.63, 3.8) is 0 Å². The molecule has 1 N–H and O–H groups in total. The highest BCUT2D eigenvalue weighted by atomic mass is 32.1. The first-order chi connectivity index (χ1) is 7.61. The van der Waals surface area contributed by atoms with Crippen LogP contribution in [0.15, 0.2) is 18.2 Å². The van der Waals surface area contributed by atoms with Crippen LogP contribution in [0.1, 0.15) is 10.4 Å². The Labute approximate surface area is 97.3 Å². The largest absolute Gasteiger partial charge is 0.497 e. The van der Waals surface area contributed by atoms with Gasteiger partial charge in [0.1, 0.15) is 5.75 Å². The Morgan fingerprint density at radius 3 is 2.88 bits per heavy atom. The molecule has 0 fully saturated rings. The van der Waals surface area contributed by atoms with Crippen LogP contribution in [0.5, 0.6) is 5.75 Å². The maximum Gasteiger partial charge on any atom is 0.307 e. The van der Waals surface area contributed by atoms with Gasteiger partial charge in [0.15, 0.2) is 0 Å². The Hall–Kier alpha value is -1.55. The molecule has 0 bridgehead atoms. The van der Waals surface area contributed by atoms with Crippen LogP contribution in [-0.4, -0.2) is 18.2 Å². The molecule has 0 atom stereocenters. The zero-order chi connectivity index (χ0) is 11.7.